The first-order valence-electron chi connectivity index (χ1n) is 6.85. The molecule has 108 valence electrons. The van der Waals surface area contributed by atoms with E-state index >= 15 is 0 Å². The number of ether oxygens (including phenoxy) is 1. The Hall–Kier alpha value is -1.81. The lowest BCUT2D eigenvalue weighted by Gasteiger charge is -2.14. The molecule has 0 saturated heterocycles. The number of aryl methyl sites for hydroxylation is 1. The lowest BCUT2D eigenvalue weighted by molar-refractivity contribution is 0.385. The van der Waals surface area contributed by atoms with Gasteiger partial charge in [-0.05, 0) is 43.2 Å². The van der Waals surface area contributed by atoms with Gasteiger partial charge < -0.3 is 14.6 Å². The minimum Gasteiger partial charge on any atom is -0.494 e. The van der Waals surface area contributed by atoms with E-state index in [1.54, 1.807) is 6.07 Å². The summed E-state index contributed by atoms with van der Waals surface area (Å²) in [5.74, 6) is -0.0447. The van der Waals surface area contributed by atoms with Crippen LogP contribution in [0, 0.1) is 5.82 Å². The van der Waals surface area contributed by atoms with Crippen molar-refractivity contribution in [3.8, 4) is 5.75 Å². The number of rotatable bonds is 6. The molecule has 0 aliphatic rings. The van der Waals surface area contributed by atoms with Crippen molar-refractivity contribution in [1.29, 1.82) is 0 Å². The minimum absolute atomic E-state index is 0.0837. The maximum atomic E-state index is 13.7. The van der Waals surface area contributed by atoms with Crippen LogP contribution < -0.4 is 10.1 Å². The van der Waals surface area contributed by atoms with Crippen molar-refractivity contribution < 1.29 is 9.13 Å². The Morgan fingerprint density at radius 2 is 2.15 bits per heavy atom. The van der Waals surface area contributed by atoms with Gasteiger partial charge in [0.25, 0.3) is 0 Å². The fourth-order valence-corrected chi connectivity index (χ4v) is 2.13. The Balaban J connectivity index is 1.97. The molecular weight excluding hydrogens is 255 g/mol. The van der Waals surface area contributed by atoms with Crippen LogP contribution in [0.2, 0.25) is 0 Å². The number of methoxy groups -OCH3 is 1. The SMILES string of the molecule is CCn1ccc(CNC(C)c2ccc(OC)c(F)c2)c1. The van der Waals surface area contributed by atoms with E-state index in [2.05, 4.69) is 35.3 Å². The molecule has 1 heterocycles. The van der Waals surface area contributed by atoms with Gasteiger partial charge in [-0.2, -0.15) is 0 Å². The van der Waals surface area contributed by atoms with Gasteiger partial charge >= 0.3 is 0 Å². The number of hydrogen-bond acceptors (Lipinski definition) is 2. The van der Waals surface area contributed by atoms with Crippen LogP contribution in [0.1, 0.15) is 31.0 Å². The van der Waals surface area contributed by atoms with Crippen molar-refractivity contribution in [2.45, 2.75) is 33.0 Å². The van der Waals surface area contributed by atoms with E-state index < -0.39 is 0 Å². The van der Waals surface area contributed by atoms with Crippen LogP contribution in [-0.2, 0) is 13.1 Å². The van der Waals surface area contributed by atoms with E-state index in [9.17, 15) is 4.39 Å². The largest absolute Gasteiger partial charge is 0.494 e. The Bertz CT molecular complexity index is 565. The molecule has 0 spiro atoms. The fourth-order valence-electron chi connectivity index (χ4n) is 2.13. The van der Waals surface area contributed by atoms with Crippen LogP contribution >= 0.6 is 0 Å². The maximum Gasteiger partial charge on any atom is 0.165 e. The molecule has 0 radical (unpaired) electrons. The highest BCUT2D eigenvalue weighted by Crippen LogP contribution is 2.21. The number of hydrogen-bond donors (Lipinski definition) is 1. The van der Waals surface area contributed by atoms with E-state index in [4.69, 9.17) is 4.74 Å². The van der Waals surface area contributed by atoms with Crippen molar-refractivity contribution >= 4 is 0 Å². The summed E-state index contributed by atoms with van der Waals surface area (Å²) in [4.78, 5) is 0. The second kappa shape index (κ2) is 6.57. The average molecular weight is 276 g/mol. The van der Waals surface area contributed by atoms with E-state index in [-0.39, 0.29) is 17.6 Å². The average Bonchev–Trinajstić information content (AvgIpc) is 2.92. The molecule has 0 saturated carbocycles. The molecule has 1 aromatic heterocycles. The zero-order valence-electron chi connectivity index (χ0n) is 12.2. The Morgan fingerprint density at radius 1 is 1.35 bits per heavy atom. The molecule has 3 nitrogen and oxygen atoms in total. The van der Waals surface area contributed by atoms with Crippen molar-refractivity contribution in [2.24, 2.45) is 0 Å². The zero-order valence-corrected chi connectivity index (χ0v) is 12.2. The zero-order chi connectivity index (χ0) is 14.5. The summed E-state index contributed by atoms with van der Waals surface area (Å²) in [6.07, 6.45) is 4.18. The smallest absolute Gasteiger partial charge is 0.165 e. The van der Waals surface area contributed by atoms with Crippen molar-refractivity contribution in [1.82, 2.24) is 9.88 Å². The first-order chi connectivity index (χ1) is 9.63. The van der Waals surface area contributed by atoms with Crippen LogP contribution in [0.4, 0.5) is 4.39 Å². The van der Waals surface area contributed by atoms with Gasteiger partial charge in [0.1, 0.15) is 0 Å². The highest BCUT2D eigenvalue weighted by molar-refractivity contribution is 5.30. The van der Waals surface area contributed by atoms with Gasteiger partial charge in [-0.15, -0.1) is 0 Å². The monoisotopic (exact) mass is 276 g/mol. The fraction of sp³-hybridized carbons (Fsp3) is 0.375. The highest BCUT2D eigenvalue weighted by Gasteiger charge is 2.09. The summed E-state index contributed by atoms with van der Waals surface area (Å²) in [6.45, 7) is 5.87. The van der Waals surface area contributed by atoms with E-state index in [0.717, 1.165) is 18.7 Å². The van der Waals surface area contributed by atoms with Gasteiger partial charge in [-0.1, -0.05) is 6.07 Å². The van der Waals surface area contributed by atoms with Crippen LogP contribution in [0.15, 0.2) is 36.7 Å². The summed E-state index contributed by atoms with van der Waals surface area (Å²) in [7, 11) is 1.47. The molecule has 20 heavy (non-hydrogen) atoms. The van der Waals surface area contributed by atoms with Crippen LogP contribution in [0.5, 0.6) is 5.75 Å². The molecule has 0 amide bonds. The minimum atomic E-state index is -0.323. The third-order valence-corrected chi connectivity index (χ3v) is 3.47. The Morgan fingerprint density at radius 3 is 2.75 bits per heavy atom. The van der Waals surface area contributed by atoms with Gasteiger partial charge in [0.15, 0.2) is 11.6 Å². The second-order valence-corrected chi connectivity index (χ2v) is 4.85. The predicted molar refractivity (Wildman–Crippen MR) is 78.3 cm³/mol. The number of aromatic nitrogens is 1. The Labute approximate surface area is 119 Å². The van der Waals surface area contributed by atoms with E-state index in [0.29, 0.717) is 0 Å². The third-order valence-electron chi connectivity index (χ3n) is 3.47. The van der Waals surface area contributed by atoms with Crippen LogP contribution in [0.25, 0.3) is 0 Å². The molecule has 0 bridgehead atoms. The van der Waals surface area contributed by atoms with E-state index in [1.807, 2.05) is 13.0 Å². The Kier molecular flexibility index (Phi) is 4.79. The highest BCUT2D eigenvalue weighted by atomic mass is 19.1. The third kappa shape index (κ3) is 3.39. The molecule has 2 aromatic rings. The summed E-state index contributed by atoms with van der Waals surface area (Å²) < 4.78 is 20.7. The lowest BCUT2D eigenvalue weighted by atomic mass is 10.1. The molecule has 0 aliphatic heterocycles. The number of halogens is 1. The van der Waals surface area contributed by atoms with Crippen LogP contribution in [-0.4, -0.2) is 11.7 Å². The van der Waals surface area contributed by atoms with Crippen LogP contribution in [0.3, 0.4) is 0 Å². The maximum absolute atomic E-state index is 13.7. The molecule has 1 N–H and O–H groups in total. The lowest BCUT2D eigenvalue weighted by Crippen LogP contribution is -2.18. The molecule has 2 rings (SSSR count). The first-order valence-corrected chi connectivity index (χ1v) is 6.85. The summed E-state index contributed by atoms with van der Waals surface area (Å²) in [5, 5.41) is 3.40. The van der Waals surface area contributed by atoms with Crippen molar-refractivity contribution in [3.05, 3.63) is 53.6 Å². The summed E-state index contributed by atoms with van der Waals surface area (Å²) in [6, 6.07) is 7.25. The predicted octanol–water partition coefficient (Wildman–Crippen LogP) is 3.51. The van der Waals surface area contributed by atoms with Gasteiger partial charge in [-0.3, -0.25) is 0 Å². The van der Waals surface area contributed by atoms with Crippen molar-refractivity contribution in [2.75, 3.05) is 7.11 Å². The quantitative estimate of drug-likeness (QED) is 0.874. The van der Waals surface area contributed by atoms with Gasteiger partial charge in [-0.25, -0.2) is 4.39 Å². The molecule has 1 unspecified atom stereocenters. The molecule has 0 fully saturated rings. The first kappa shape index (κ1) is 14.6. The summed E-state index contributed by atoms with van der Waals surface area (Å²) >= 11 is 0. The molecule has 4 heteroatoms. The second-order valence-electron chi connectivity index (χ2n) is 4.85. The van der Waals surface area contributed by atoms with E-state index in [1.165, 1.54) is 18.7 Å². The van der Waals surface area contributed by atoms with Gasteiger partial charge in [0, 0.05) is 31.5 Å². The molecule has 0 aliphatic carbocycles. The molecule has 1 aromatic carbocycles. The van der Waals surface area contributed by atoms with Crippen molar-refractivity contribution in [3.63, 3.8) is 0 Å². The topological polar surface area (TPSA) is 26.2 Å². The standard InChI is InChI=1S/C16H21FN2O/c1-4-19-8-7-13(11-19)10-18-12(2)14-5-6-16(20-3)15(17)9-14/h5-9,11-12,18H,4,10H2,1-3H3. The summed E-state index contributed by atoms with van der Waals surface area (Å²) in [5.41, 5.74) is 2.14. The number of nitrogens with one attached hydrogen (secondary N) is 1. The number of nitrogens with zero attached hydrogens (tertiary/aromatic N) is 1. The molecule has 1 atom stereocenters. The number of benzene rings is 1. The normalized spacial score (nSPS) is 12.4. The van der Waals surface area contributed by atoms with Gasteiger partial charge in [0.2, 0.25) is 0 Å². The molecular formula is C16H21FN2O. The van der Waals surface area contributed by atoms with Gasteiger partial charge in [0.05, 0.1) is 7.11 Å².